The summed E-state index contributed by atoms with van der Waals surface area (Å²) in [6, 6.07) is 8.58. The van der Waals surface area contributed by atoms with Gasteiger partial charge in [-0.25, -0.2) is 0 Å². The molecule has 1 aromatic carbocycles. The van der Waals surface area contributed by atoms with Gasteiger partial charge in [-0.2, -0.15) is 5.26 Å². The highest BCUT2D eigenvalue weighted by molar-refractivity contribution is 5.97. The Morgan fingerprint density at radius 2 is 2.22 bits per heavy atom. The third-order valence-corrected chi connectivity index (χ3v) is 2.90. The molecule has 1 aromatic rings. The van der Waals surface area contributed by atoms with Crippen LogP contribution in [0.1, 0.15) is 28.8 Å². The molecule has 0 aromatic heterocycles. The average molecular weight is 245 g/mol. The second-order valence-corrected chi connectivity index (χ2v) is 4.26. The van der Waals surface area contributed by atoms with Crippen molar-refractivity contribution in [3.63, 3.8) is 0 Å². The third kappa shape index (κ3) is 3.39. The van der Waals surface area contributed by atoms with Gasteiger partial charge in [0.15, 0.2) is 5.78 Å². The first-order valence-electron chi connectivity index (χ1n) is 6.02. The molecule has 1 fully saturated rings. The number of rotatable bonds is 5. The summed E-state index contributed by atoms with van der Waals surface area (Å²) in [4.78, 5) is 11.8. The highest BCUT2D eigenvalue weighted by Crippen LogP contribution is 2.12. The quantitative estimate of drug-likeness (QED) is 0.744. The molecular formula is C14H15NO3. The minimum absolute atomic E-state index is 0.0613. The van der Waals surface area contributed by atoms with E-state index in [0.29, 0.717) is 17.7 Å². The zero-order chi connectivity index (χ0) is 12.8. The molecule has 4 heteroatoms. The van der Waals surface area contributed by atoms with Crippen LogP contribution < -0.4 is 0 Å². The van der Waals surface area contributed by atoms with Crippen LogP contribution in [0.25, 0.3) is 0 Å². The van der Waals surface area contributed by atoms with Gasteiger partial charge in [0.2, 0.25) is 0 Å². The number of nitrogens with zero attached hydrogens (tertiary/aromatic N) is 1. The largest absolute Gasteiger partial charge is 0.376 e. The zero-order valence-electron chi connectivity index (χ0n) is 10.1. The average Bonchev–Trinajstić information content (AvgIpc) is 2.92. The van der Waals surface area contributed by atoms with Crippen molar-refractivity contribution in [2.45, 2.75) is 18.9 Å². The van der Waals surface area contributed by atoms with Crippen LogP contribution in [0.5, 0.6) is 0 Å². The molecule has 0 spiro atoms. The highest BCUT2D eigenvalue weighted by Gasteiger charge is 2.16. The first-order chi connectivity index (χ1) is 8.79. The van der Waals surface area contributed by atoms with Crippen molar-refractivity contribution >= 4 is 5.78 Å². The zero-order valence-corrected chi connectivity index (χ0v) is 10.1. The van der Waals surface area contributed by atoms with E-state index in [9.17, 15) is 4.79 Å². The normalized spacial score (nSPS) is 18.5. The number of carbonyl (C=O) groups is 1. The predicted molar refractivity (Wildman–Crippen MR) is 65.3 cm³/mol. The van der Waals surface area contributed by atoms with E-state index in [-0.39, 0.29) is 18.5 Å². The molecule has 1 unspecified atom stereocenters. The van der Waals surface area contributed by atoms with Crippen LogP contribution in [-0.2, 0) is 9.47 Å². The van der Waals surface area contributed by atoms with Crippen molar-refractivity contribution in [2.75, 3.05) is 19.8 Å². The molecule has 1 heterocycles. The van der Waals surface area contributed by atoms with Crippen molar-refractivity contribution in [2.24, 2.45) is 0 Å². The standard InChI is InChI=1S/C14H15NO3/c15-8-11-3-5-12(6-4-11)14(16)10-17-9-13-2-1-7-18-13/h3-6,13H,1-2,7,9-10H2. The number of nitriles is 1. The van der Waals surface area contributed by atoms with Gasteiger partial charge < -0.3 is 9.47 Å². The summed E-state index contributed by atoms with van der Waals surface area (Å²) in [5.41, 5.74) is 1.12. The van der Waals surface area contributed by atoms with Gasteiger partial charge in [-0.05, 0) is 25.0 Å². The molecule has 1 aliphatic heterocycles. The molecule has 4 nitrogen and oxygen atoms in total. The van der Waals surface area contributed by atoms with Gasteiger partial charge in [0.05, 0.1) is 24.3 Å². The van der Waals surface area contributed by atoms with E-state index < -0.39 is 0 Å². The number of carbonyl (C=O) groups excluding carboxylic acids is 1. The Hall–Kier alpha value is -1.70. The van der Waals surface area contributed by atoms with Gasteiger partial charge >= 0.3 is 0 Å². The van der Waals surface area contributed by atoms with Gasteiger partial charge in [-0.15, -0.1) is 0 Å². The van der Waals surface area contributed by atoms with Gasteiger partial charge in [-0.1, -0.05) is 12.1 Å². The fourth-order valence-electron chi connectivity index (χ4n) is 1.87. The summed E-state index contributed by atoms with van der Waals surface area (Å²) in [6.07, 6.45) is 2.21. The lowest BCUT2D eigenvalue weighted by Gasteiger charge is -2.09. The van der Waals surface area contributed by atoms with Crippen LogP contribution in [0.15, 0.2) is 24.3 Å². The van der Waals surface area contributed by atoms with E-state index in [2.05, 4.69) is 0 Å². The summed E-state index contributed by atoms with van der Waals surface area (Å²) in [5, 5.41) is 8.66. The maximum Gasteiger partial charge on any atom is 0.188 e. The number of ether oxygens (including phenoxy) is 2. The van der Waals surface area contributed by atoms with Crippen molar-refractivity contribution in [1.29, 1.82) is 5.26 Å². The molecule has 0 N–H and O–H groups in total. The van der Waals surface area contributed by atoms with Crippen molar-refractivity contribution in [3.8, 4) is 6.07 Å². The first-order valence-corrected chi connectivity index (χ1v) is 6.02. The lowest BCUT2D eigenvalue weighted by atomic mass is 10.1. The van der Waals surface area contributed by atoms with Crippen LogP contribution in [0, 0.1) is 11.3 Å². The Labute approximate surface area is 106 Å². The Morgan fingerprint density at radius 1 is 1.44 bits per heavy atom. The van der Waals surface area contributed by atoms with Crippen molar-refractivity contribution in [3.05, 3.63) is 35.4 Å². The highest BCUT2D eigenvalue weighted by atomic mass is 16.5. The number of hydrogen-bond donors (Lipinski definition) is 0. The van der Waals surface area contributed by atoms with E-state index in [0.717, 1.165) is 19.4 Å². The van der Waals surface area contributed by atoms with Crippen molar-refractivity contribution in [1.82, 2.24) is 0 Å². The molecular weight excluding hydrogens is 230 g/mol. The summed E-state index contributed by atoms with van der Waals surface area (Å²) >= 11 is 0. The maximum atomic E-state index is 11.8. The number of hydrogen-bond acceptors (Lipinski definition) is 4. The van der Waals surface area contributed by atoms with Crippen LogP contribution in [0.3, 0.4) is 0 Å². The topological polar surface area (TPSA) is 59.3 Å². The molecule has 0 aliphatic carbocycles. The summed E-state index contributed by atoms with van der Waals surface area (Å²) in [6.45, 7) is 1.32. The Bertz CT molecular complexity index is 441. The van der Waals surface area contributed by atoms with Crippen LogP contribution >= 0.6 is 0 Å². The molecule has 0 saturated carbocycles. The minimum atomic E-state index is -0.0718. The van der Waals surface area contributed by atoms with E-state index >= 15 is 0 Å². The van der Waals surface area contributed by atoms with E-state index in [4.69, 9.17) is 14.7 Å². The lowest BCUT2D eigenvalue weighted by molar-refractivity contribution is 0.0190. The van der Waals surface area contributed by atoms with Crippen LogP contribution in [0.4, 0.5) is 0 Å². The van der Waals surface area contributed by atoms with Gasteiger partial charge in [0.1, 0.15) is 6.61 Å². The summed E-state index contributed by atoms with van der Waals surface area (Å²) < 4.78 is 10.7. The Morgan fingerprint density at radius 3 is 2.83 bits per heavy atom. The van der Waals surface area contributed by atoms with Crippen molar-refractivity contribution < 1.29 is 14.3 Å². The van der Waals surface area contributed by atoms with Gasteiger partial charge in [0.25, 0.3) is 0 Å². The smallest absolute Gasteiger partial charge is 0.188 e. The van der Waals surface area contributed by atoms with E-state index in [1.807, 2.05) is 6.07 Å². The number of ketones is 1. The van der Waals surface area contributed by atoms with E-state index in [1.165, 1.54) is 0 Å². The molecule has 94 valence electrons. The third-order valence-electron chi connectivity index (χ3n) is 2.90. The molecule has 1 saturated heterocycles. The fraction of sp³-hybridized carbons (Fsp3) is 0.429. The summed E-state index contributed by atoms with van der Waals surface area (Å²) in [5.74, 6) is -0.0718. The molecule has 18 heavy (non-hydrogen) atoms. The maximum absolute atomic E-state index is 11.8. The minimum Gasteiger partial charge on any atom is -0.376 e. The SMILES string of the molecule is N#Cc1ccc(C(=O)COCC2CCCO2)cc1. The molecule has 0 radical (unpaired) electrons. The molecule has 0 bridgehead atoms. The van der Waals surface area contributed by atoms with Crippen LogP contribution in [0.2, 0.25) is 0 Å². The molecule has 0 amide bonds. The Kier molecular flexibility index (Phi) is 4.46. The van der Waals surface area contributed by atoms with Gasteiger partial charge in [0, 0.05) is 12.2 Å². The van der Waals surface area contributed by atoms with Crippen LogP contribution in [-0.4, -0.2) is 31.7 Å². The first kappa shape index (κ1) is 12.7. The second-order valence-electron chi connectivity index (χ2n) is 4.26. The fourth-order valence-corrected chi connectivity index (χ4v) is 1.87. The van der Waals surface area contributed by atoms with E-state index in [1.54, 1.807) is 24.3 Å². The second kappa shape index (κ2) is 6.29. The predicted octanol–water partition coefficient (Wildman–Crippen LogP) is 1.94. The number of benzene rings is 1. The Balaban J connectivity index is 1.78. The van der Waals surface area contributed by atoms with Gasteiger partial charge in [-0.3, -0.25) is 4.79 Å². The monoisotopic (exact) mass is 245 g/mol. The molecule has 1 aliphatic rings. The summed E-state index contributed by atoms with van der Waals surface area (Å²) in [7, 11) is 0. The molecule has 1 atom stereocenters. The number of Topliss-reactive ketones (excluding diaryl/α,β-unsaturated/α-hetero) is 1. The molecule has 2 rings (SSSR count). The lowest BCUT2D eigenvalue weighted by Crippen LogP contribution is -2.18.